The van der Waals surface area contributed by atoms with E-state index in [1.807, 2.05) is 36.4 Å². The SMILES string of the molecule is CN(C)C(=O)c1cc(C#N)cc(Nc2c(NCc3ccccc3)c(=O)n(C)[nH]c2=O)c1O. The van der Waals surface area contributed by atoms with Gasteiger partial charge in [-0.1, -0.05) is 30.3 Å². The molecule has 0 bridgehead atoms. The van der Waals surface area contributed by atoms with Crippen molar-refractivity contribution in [2.24, 2.45) is 7.05 Å². The highest BCUT2D eigenvalue weighted by Gasteiger charge is 2.21. The zero-order valence-corrected chi connectivity index (χ0v) is 17.8. The van der Waals surface area contributed by atoms with Gasteiger partial charge in [-0.3, -0.25) is 24.2 Å². The third kappa shape index (κ3) is 4.46. The molecule has 1 aromatic heterocycles. The van der Waals surface area contributed by atoms with Crippen molar-refractivity contribution >= 4 is 23.0 Å². The minimum atomic E-state index is -0.634. The van der Waals surface area contributed by atoms with Gasteiger partial charge in [0.2, 0.25) is 0 Å². The van der Waals surface area contributed by atoms with Crippen LogP contribution >= 0.6 is 0 Å². The predicted octanol–water partition coefficient (Wildman–Crippen LogP) is 1.71. The number of amides is 1. The smallest absolute Gasteiger partial charge is 0.290 e. The molecule has 1 heterocycles. The number of aromatic amines is 1. The summed E-state index contributed by atoms with van der Waals surface area (Å²) in [6, 6.07) is 13.7. The molecular weight excluding hydrogens is 412 g/mol. The molecule has 0 aliphatic heterocycles. The van der Waals surface area contributed by atoms with Crippen LogP contribution in [0.1, 0.15) is 21.5 Å². The molecule has 0 aliphatic rings. The van der Waals surface area contributed by atoms with Gasteiger partial charge in [0, 0.05) is 27.7 Å². The standard InChI is InChI=1S/C22H22N6O4/c1-27(2)21(31)15-9-14(11-23)10-16(19(15)29)25-17-18(22(32)28(3)26-20(17)30)24-12-13-7-5-4-6-8-13/h4-10,24-25,29H,12H2,1-3H3,(H,26,30). The number of nitriles is 1. The first kappa shape index (κ1) is 22.2. The summed E-state index contributed by atoms with van der Waals surface area (Å²) in [5.41, 5.74) is -0.525. The molecule has 164 valence electrons. The molecular formula is C22H22N6O4. The summed E-state index contributed by atoms with van der Waals surface area (Å²) < 4.78 is 1.04. The first-order chi connectivity index (χ1) is 15.2. The number of hydrogen-bond acceptors (Lipinski definition) is 7. The Morgan fingerprint density at radius 1 is 1.19 bits per heavy atom. The van der Waals surface area contributed by atoms with Crippen molar-refractivity contribution in [3.63, 3.8) is 0 Å². The first-order valence-electron chi connectivity index (χ1n) is 9.59. The average molecular weight is 434 g/mol. The number of nitrogens with one attached hydrogen (secondary N) is 3. The summed E-state index contributed by atoms with van der Waals surface area (Å²) in [6.45, 7) is 0.267. The van der Waals surface area contributed by atoms with Crippen molar-refractivity contribution in [1.82, 2.24) is 14.7 Å². The van der Waals surface area contributed by atoms with E-state index in [0.717, 1.165) is 10.2 Å². The van der Waals surface area contributed by atoms with E-state index >= 15 is 0 Å². The van der Waals surface area contributed by atoms with Gasteiger partial charge in [0.1, 0.15) is 11.4 Å². The van der Waals surface area contributed by atoms with E-state index in [-0.39, 0.29) is 34.7 Å². The monoisotopic (exact) mass is 434 g/mol. The van der Waals surface area contributed by atoms with Gasteiger partial charge < -0.3 is 20.6 Å². The van der Waals surface area contributed by atoms with Crippen LogP contribution in [0.3, 0.4) is 0 Å². The molecule has 0 unspecified atom stereocenters. The number of benzene rings is 2. The normalized spacial score (nSPS) is 10.3. The molecule has 0 radical (unpaired) electrons. The number of rotatable bonds is 6. The van der Waals surface area contributed by atoms with Crippen molar-refractivity contribution in [3.8, 4) is 11.8 Å². The van der Waals surface area contributed by atoms with Gasteiger partial charge >= 0.3 is 0 Å². The van der Waals surface area contributed by atoms with E-state index < -0.39 is 22.8 Å². The van der Waals surface area contributed by atoms with Crippen molar-refractivity contribution in [2.45, 2.75) is 6.54 Å². The summed E-state index contributed by atoms with van der Waals surface area (Å²) in [7, 11) is 4.42. The van der Waals surface area contributed by atoms with E-state index in [9.17, 15) is 24.8 Å². The molecule has 4 N–H and O–H groups in total. The van der Waals surface area contributed by atoms with Crippen LogP contribution in [-0.2, 0) is 13.6 Å². The van der Waals surface area contributed by atoms with Crippen LogP contribution in [-0.4, -0.2) is 39.8 Å². The maximum atomic E-state index is 12.7. The molecule has 0 saturated heterocycles. The Kier molecular flexibility index (Phi) is 6.30. The van der Waals surface area contributed by atoms with Crippen molar-refractivity contribution in [1.29, 1.82) is 5.26 Å². The lowest BCUT2D eigenvalue weighted by molar-refractivity contribution is 0.0824. The highest BCUT2D eigenvalue weighted by Crippen LogP contribution is 2.33. The quantitative estimate of drug-likeness (QED) is 0.432. The number of phenolic OH excluding ortho intramolecular Hbond substituents is 1. The molecule has 0 aliphatic carbocycles. The average Bonchev–Trinajstić information content (AvgIpc) is 2.78. The van der Waals surface area contributed by atoms with Gasteiger partial charge in [-0.25, -0.2) is 0 Å². The largest absolute Gasteiger partial charge is 0.505 e. The summed E-state index contributed by atoms with van der Waals surface area (Å²) in [5.74, 6) is -0.972. The van der Waals surface area contributed by atoms with E-state index in [1.165, 1.54) is 38.2 Å². The predicted molar refractivity (Wildman–Crippen MR) is 120 cm³/mol. The fourth-order valence-electron chi connectivity index (χ4n) is 3.05. The molecule has 2 aromatic carbocycles. The lowest BCUT2D eigenvalue weighted by atomic mass is 10.1. The Hall–Kier alpha value is -4.52. The van der Waals surface area contributed by atoms with Crippen LogP contribution in [0.15, 0.2) is 52.1 Å². The minimum absolute atomic E-state index is 0.0256. The van der Waals surface area contributed by atoms with Gasteiger partial charge in [0.25, 0.3) is 17.0 Å². The van der Waals surface area contributed by atoms with E-state index in [2.05, 4.69) is 15.7 Å². The molecule has 3 rings (SSSR count). The van der Waals surface area contributed by atoms with Crippen LogP contribution in [0.4, 0.5) is 17.1 Å². The molecule has 0 spiro atoms. The van der Waals surface area contributed by atoms with Crippen LogP contribution in [0.5, 0.6) is 5.75 Å². The number of hydrogen-bond donors (Lipinski definition) is 4. The van der Waals surface area contributed by atoms with Crippen LogP contribution in [0.25, 0.3) is 0 Å². The number of H-pyrrole nitrogens is 1. The third-order valence-electron chi connectivity index (χ3n) is 4.71. The second-order valence-electron chi connectivity index (χ2n) is 7.25. The van der Waals surface area contributed by atoms with Gasteiger partial charge in [0.15, 0.2) is 5.75 Å². The highest BCUT2D eigenvalue weighted by molar-refractivity contribution is 5.99. The number of aromatic nitrogens is 2. The maximum absolute atomic E-state index is 12.7. The van der Waals surface area contributed by atoms with Gasteiger partial charge in [-0.15, -0.1) is 0 Å². The molecule has 32 heavy (non-hydrogen) atoms. The maximum Gasteiger partial charge on any atom is 0.290 e. The van der Waals surface area contributed by atoms with E-state index in [1.54, 1.807) is 0 Å². The fourth-order valence-corrected chi connectivity index (χ4v) is 3.05. The number of aryl methyl sites for hydroxylation is 1. The lowest BCUT2D eigenvalue weighted by Crippen LogP contribution is -2.32. The third-order valence-corrected chi connectivity index (χ3v) is 4.71. The second kappa shape index (κ2) is 9.09. The van der Waals surface area contributed by atoms with Crippen molar-refractivity contribution in [3.05, 3.63) is 79.9 Å². The lowest BCUT2D eigenvalue weighted by Gasteiger charge is -2.17. The van der Waals surface area contributed by atoms with Gasteiger partial charge in [0.05, 0.1) is 22.9 Å². The Morgan fingerprint density at radius 3 is 2.50 bits per heavy atom. The first-order valence-corrected chi connectivity index (χ1v) is 9.59. The molecule has 10 nitrogen and oxygen atoms in total. The van der Waals surface area contributed by atoms with Crippen molar-refractivity contribution in [2.75, 3.05) is 24.7 Å². The Balaban J connectivity index is 2.09. The second-order valence-corrected chi connectivity index (χ2v) is 7.25. The topological polar surface area (TPSA) is 143 Å². The van der Waals surface area contributed by atoms with Crippen LogP contribution < -0.4 is 21.8 Å². The number of phenols is 1. The number of aromatic hydroxyl groups is 1. The Bertz CT molecular complexity index is 1320. The van der Waals surface area contributed by atoms with Gasteiger partial charge in [-0.05, 0) is 17.7 Å². The van der Waals surface area contributed by atoms with Crippen LogP contribution in [0.2, 0.25) is 0 Å². The molecule has 3 aromatic rings. The highest BCUT2D eigenvalue weighted by atomic mass is 16.3. The summed E-state index contributed by atoms with van der Waals surface area (Å²) in [4.78, 5) is 39.1. The van der Waals surface area contributed by atoms with Gasteiger partial charge in [-0.2, -0.15) is 5.26 Å². The summed E-state index contributed by atoms with van der Waals surface area (Å²) in [6.07, 6.45) is 0. The zero-order valence-electron chi connectivity index (χ0n) is 17.8. The molecule has 1 amide bonds. The van der Waals surface area contributed by atoms with E-state index in [0.29, 0.717) is 0 Å². The summed E-state index contributed by atoms with van der Waals surface area (Å²) >= 11 is 0. The number of carbonyl (C=O) groups excluding carboxylic acids is 1. The molecule has 0 atom stereocenters. The molecule has 10 heteroatoms. The minimum Gasteiger partial charge on any atom is -0.505 e. The number of anilines is 3. The number of nitrogens with zero attached hydrogens (tertiary/aromatic N) is 3. The van der Waals surface area contributed by atoms with E-state index in [4.69, 9.17) is 0 Å². The summed E-state index contributed by atoms with van der Waals surface area (Å²) in [5, 5.41) is 28.1. The fraction of sp³-hybridized carbons (Fsp3) is 0.182. The number of carbonyl (C=O) groups is 1. The zero-order chi connectivity index (χ0) is 23.4. The van der Waals surface area contributed by atoms with Crippen LogP contribution in [0, 0.1) is 11.3 Å². The Labute approximate surface area is 183 Å². The Morgan fingerprint density at radius 2 is 1.88 bits per heavy atom. The molecule has 0 saturated carbocycles. The van der Waals surface area contributed by atoms with Crippen molar-refractivity contribution < 1.29 is 9.90 Å². The molecule has 0 fully saturated rings.